The van der Waals surface area contributed by atoms with Crippen molar-refractivity contribution in [3.63, 3.8) is 0 Å². The molecule has 1 aliphatic carbocycles. The molecule has 0 radical (unpaired) electrons. The first-order valence-corrected chi connectivity index (χ1v) is 7.33. The Kier molecular flexibility index (Phi) is 3.66. The highest BCUT2D eigenvalue weighted by molar-refractivity contribution is 5.67. The van der Waals surface area contributed by atoms with E-state index in [-0.39, 0.29) is 18.1 Å². The molecule has 1 saturated carbocycles. The van der Waals surface area contributed by atoms with Crippen LogP contribution < -0.4 is 0 Å². The Morgan fingerprint density at radius 3 is 2.65 bits per heavy atom. The summed E-state index contributed by atoms with van der Waals surface area (Å²) in [5, 5.41) is 10.2. The Morgan fingerprint density at radius 2 is 2.05 bits per heavy atom. The summed E-state index contributed by atoms with van der Waals surface area (Å²) in [6, 6.07) is 9.65. The average Bonchev–Trinajstić information content (AvgIpc) is 2.44. The van der Waals surface area contributed by atoms with Crippen LogP contribution in [-0.2, 0) is 11.3 Å². The maximum absolute atomic E-state index is 12.0. The smallest absolute Gasteiger partial charge is 0.410 e. The van der Waals surface area contributed by atoms with Gasteiger partial charge in [0.25, 0.3) is 0 Å². The van der Waals surface area contributed by atoms with Gasteiger partial charge in [-0.15, -0.1) is 0 Å². The first-order valence-electron chi connectivity index (χ1n) is 7.33. The fraction of sp³-hybridized carbons (Fsp3) is 0.562. The Labute approximate surface area is 119 Å². The van der Waals surface area contributed by atoms with Gasteiger partial charge in [-0.05, 0) is 30.2 Å². The molecular formula is C16H21NO3. The quantitative estimate of drug-likeness (QED) is 0.902. The van der Waals surface area contributed by atoms with Crippen molar-refractivity contribution in [1.29, 1.82) is 0 Å². The number of hydrogen-bond acceptors (Lipinski definition) is 3. The first kappa shape index (κ1) is 13.4. The molecule has 2 aliphatic rings. The number of nitrogens with zero attached hydrogens (tertiary/aromatic N) is 1. The number of hydrogen-bond donors (Lipinski definition) is 1. The molecule has 1 aliphatic heterocycles. The van der Waals surface area contributed by atoms with Crippen molar-refractivity contribution < 1.29 is 14.6 Å². The monoisotopic (exact) mass is 275 g/mol. The van der Waals surface area contributed by atoms with E-state index in [2.05, 4.69) is 0 Å². The molecule has 0 aromatic heterocycles. The molecule has 2 fully saturated rings. The van der Waals surface area contributed by atoms with Crippen LogP contribution in [0, 0.1) is 5.41 Å². The molecule has 4 nitrogen and oxygen atoms in total. The number of amides is 1. The van der Waals surface area contributed by atoms with Crippen LogP contribution in [0.15, 0.2) is 30.3 Å². The minimum atomic E-state index is -0.394. The van der Waals surface area contributed by atoms with Crippen molar-refractivity contribution in [1.82, 2.24) is 4.90 Å². The van der Waals surface area contributed by atoms with Gasteiger partial charge in [-0.2, -0.15) is 0 Å². The average molecular weight is 275 g/mol. The number of benzene rings is 1. The van der Waals surface area contributed by atoms with Gasteiger partial charge in [0, 0.05) is 6.54 Å². The number of carbonyl (C=O) groups excluding carboxylic acids is 1. The number of piperidine rings is 1. The summed E-state index contributed by atoms with van der Waals surface area (Å²) >= 11 is 0. The van der Waals surface area contributed by atoms with E-state index in [0.717, 1.165) is 24.8 Å². The van der Waals surface area contributed by atoms with Gasteiger partial charge >= 0.3 is 6.09 Å². The molecule has 1 N–H and O–H groups in total. The van der Waals surface area contributed by atoms with Crippen molar-refractivity contribution in [3.8, 4) is 0 Å². The largest absolute Gasteiger partial charge is 0.445 e. The summed E-state index contributed by atoms with van der Waals surface area (Å²) in [6.07, 6.45) is 3.59. The van der Waals surface area contributed by atoms with Crippen LogP contribution in [0.25, 0.3) is 0 Å². The number of ether oxygens (including phenoxy) is 1. The second-order valence-corrected chi connectivity index (χ2v) is 5.97. The Bertz CT molecular complexity index is 470. The van der Waals surface area contributed by atoms with E-state index in [1.165, 1.54) is 6.42 Å². The maximum atomic E-state index is 12.0. The highest BCUT2D eigenvalue weighted by Gasteiger charge is 2.47. The number of aliphatic hydroxyl groups is 1. The molecule has 1 unspecified atom stereocenters. The minimum Gasteiger partial charge on any atom is -0.445 e. The lowest BCUT2D eigenvalue weighted by molar-refractivity contribution is -0.0864. The molecule has 1 aromatic rings. The predicted molar refractivity (Wildman–Crippen MR) is 75.1 cm³/mol. The highest BCUT2D eigenvalue weighted by Crippen LogP contribution is 2.48. The van der Waals surface area contributed by atoms with Crippen molar-refractivity contribution in [3.05, 3.63) is 35.9 Å². The molecule has 1 atom stereocenters. The van der Waals surface area contributed by atoms with Crippen LogP contribution in [0.5, 0.6) is 0 Å². The number of carbonyl (C=O) groups is 1. The summed E-state index contributed by atoms with van der Waals surface area (Å²) in [5.41, 5.74) is 1.07. The second kappa shape index (κ2) is 5.44. The van der Waals surface area contributed by atoms with Gasteiger partial charge < -0.3 is 14.7 Å². The molecule has 1 saturated heterocycles. The van der Waals surface area contributed by atoms with E-state index in [1.54, 1.807) is 4.90 Å². The molecule has 108 valence electrons. The third-order valence-electron chi connectivity index (χ3n) is 4.79. The summed E-state index contributed by atoms with van der Waals surface area (Å²) in [6.45, 7) is 1.40. The molecule has 4 heteroatoms. The summed E-state index contributed by atoms with van der Waals surface area (Å²) in [5.74, 6) is 0. The maximum Gasteiger partial charge on any atom is 0.410 e. The number of aliphatic hydroxyl groups excluding tert-OH is 1. The second-order valence-electron chi connectivity index (χ2n) is 5.97. The third-order valence-corrected chi connectivity index (χ3v) is 4.79. The van der Waals surface area contributed by atoms with E-state index in [4.69, 9.17) is 4.74 Å². The van der Waals surface area contributed by atoms with E-state index in [1.807, 2.05) is 30.3 Å². The summed E-state index contributed by atoms with van der Waals surface area (Å²) < 4.78 is 5.31. The van der Waals surface area contributed by atoms with Crippen molar-refractivity contribution in [2.24, 2.45) is 5.41 Å². The first-order chi connectivity index (χ1) is 9.70. The Morgan fingerprint density at radius 1 is 1.30 bits per heavy atom. The number of rotatable bonds is 2. The summed E-state index contributed by atoms with van der Waals surface area (Å²) in [4.78, 5) is 13.7. The lowest BCUT2D eigenvalue weighted by Crippen LogP contribution is -2.55. The van der Waals surface area contributed by atoms with E-state index in [9.17, 15) is 9.90 Å². The summed E-state index contributed by atoms with van der Waals surface area (Å²) in [7, 11) is 0. The van der Waals surface area contributed by atoms with Gasteiger partial charge in [0.05, 0.1) is 12.6 Å². The highest BCUT2D eigenvalue weighted by atomic mass is 16.6. The molecular weight excluding hydrogens is 254 g/mol. The molecule has 20 heavy (non-hydrogen) atoms. The van der Waals surface area contributed by atoms with E-state index < -0.39 is 6.10 Å². The standard InChI is InChI=1S/C16H21NO3/c18-14-11-17(10-9-16(14)7-4-8-16)15(19)20-12-13-5-2-1-3-6-13/h1-3,5-6,14,18H,4,7-12H2. The van der Waals surface area contributed by atoms with Gasteiger partial charge in [-0.1, -0.05) is 36.8 Å². The van der Waals surface area contributed by atoms with Gasteiger partial charge in [0.2, 0.25) is 0 Å². The Hall–Kier alpha value is -1.55. The minimum absolute atomic E-state index is 0.0935. The van der Waals surface area contributed by atoms with Crippen molar-refractivity contribution in [2.75, 3.05) is 13.1 Å². The zero-order valence-electron chi connectivity index (χ0n) is 11.6. The van der Waals surface area contributed by atoms with Gasteiger partial charge in [0.15, 0.2) is 0 Å². The molecule has 1 aromatic carbocycles. The number of likely N-dealkylation sites (tertiary alicyclic amines) is 1. The van der Waals surface area contributed by atoms with Crippen LogP contribution in [0.2, 0.25) is 0 Å². The van der Waals surface area contributed by atoms with Crippen LogP contribution in [-0.4, -0.2) is 35.3 Å². The topological polar surface area (TPSA) is 49.8 Å². The zero-order valence-corrected chi connectivity index (χ0v) is 11.6. The predicted octanol–water partition coefficient (Wildman–Crippen LogP) is 2.56. The third kappa shape index (κ3) is 2.52. The normalized spacial score (nSPS) is 24.2. The molecule has 0 bridgehead atoms. The molecule has 1 amide bonds. The van der Waals surface area contributed by atoms with Crippen LogP contribution in [0.3, 0.4) is 0 Å². The van der Waals surface area contributed by atoms with Crippen LogP contribution in [0.1, 0.15) is 31.2 Å². The van der Waals surface area contributed by atoms with Gasteiger partial charge in [0.1, 0.15) is 6.61 Å². The lowest BCUT2D eigenvalue weighted by Gasteiger charge is -2.50. The van der Waals surface area contributed by atoms with Crippen LogP contribution in [0.4, 0.5) is 4.79 Å². The van der Waals surface area contributed by atoms with Gasteiger partial charge in [-0.25, -0.2) is 4.79 Å². The molecule has 3 rings (SSSR count). The van der Waals surface area contributed by atoms with Crippen molar-refractivity contribution >= 4 is 6.09 Å². The molecule has 1 spiro atoms. The Balaban J connectivity index is 1.51. The fourth-order valence-electron chi connectivity index (χ4n) is 3.21. The van der Waals surface area contributed by atoms with E-state index >= 15 is 0 Å². The number of β-amino-alcohol motifs (C(OH)–C–C–N with tert-alkyl or cyclic N) is 1. The molecule has 1 heterocycles. The lowest BCUT2D eigenvalue weighted by atomic mass is 9.61. The van der Waals surface area contributed by atoms with Crippen molar-refractivity contribution in [2.45, 2.75) is 38.4 Å². The van der Waals surface area contributed by atoms with Gasteiger partial charge in [-0.3, -0.25) is 0 Å². The fourth-order valence-corrected chi connectivity index (χ4v) is 3.21. The SMILES string of the molecule is O=C(OCc1ccccc1)N1CCC2(CCC2)C(O)C1. The zero-order chi connectivity index (χ0) is 14.0. The van der Waals surface area contributed by atoms with E-state index in [0.29, 0.717) is 13.1 Å². The van der Waals surface area contributed by atoms with Crippen LogP contribution >= 0.6 is 0 Å².